The van der Waals surface area contributed by atoms with E-state index in [4.69, 9.17) is 0 Å². The first kappa shape index (κ1) is 19.7. The van der Waals surface area contributed by atoms with Crippen LogP contribution in [-0.2, 0) is 6.54 Å². The van der Waals surface area contributed by atoms with Crippen molar-refractivity contribution >= 4 is 23.2 Å². The van der Waals surface area contributed by atoms with Crippen LogP contribution in [0.5, 0.6) is 0 Å². The number of nitro benzene ring substituents is 1. The van der Waals surface area contributed by atoms with Crippen LogP contribution >= 0.6 is 0 Å². The van der Waals surface area contributed by atoms with Crippen molar-refractivity contribution < 1.29 is 18.9 Å². The van der Waals surface area contributed by atoms with Gasteiger partial charge in [-0.1, -0.05) is 12.1 Å². The lowest BCUT2D eigenvalue weighted by molar-refractivity contribution is -0.384. The van der Waals surface area contributed by atoms with Crippen LogP contribution in [0.3, 0.4) is 0 Å². The SMILES string of the molecule is O=C(NCc1cccc(NC(=O)c2ccc(F)cc2)c1)c1ccc([N+](=O)[O-])cc1. The fourth-order valence-electron chi connectivity index (χ4n) is 2.58. The van der Waals surface area contributed by atoms with Gasteiger partial charge in [-0.15, -0.1) is 0 Å². The van der Waals surface area contributed by atoms with Crippen molar-refractivity contribution in [2.45, 2.75) is 6.54 Å². The summed E-state index contributed by atoms with van der Waals surface area (Å²) in [5.74, 6) is -1.18. The molecule has 3 aromatic carbocycles. The molecule has 2 amide bonds. The number of benzene rings is 3. The second-order valence-corrected chi connectivity index (χ2v) is 6.15. The monoisotopic (exact) mass is 393 g/mol. The summed E-state index contributed by atoms with van der Waals surface area (Å²) in [4.78, 5) is 34.5. The van der Waals surface area contributed by atoms with Crippen LogP contribution in [0.1, 0.15) is 26.3 Å². The van der Waals surface area contributed by atoms with Crippen LogP contribution in [0.25, 0.3) is 0 Å². The zero-order chi connectivity index (χ0) is 20.8. The van der Waals surface area contributed by atoms with Gasteiger partial charge in [0.15, 0.2) is 0 Å². The van der Waals surface area contributed by atoms with E-state index in [0.717, 1.165) is 5.56 Å². The van der Waals surface area contributed by atoms with E-state index in [2.05, 4.69) is 10.6 Å². The summed E-state index contributed by atoms with van der Waals surface area (Å²) in [7, 11) is 0. The third kappa shape index (κ3) is 5.23. The highest BCUT2D eigenvalue weighted by Gasteiger charge is 2.10. The minimum Gasteiger partial charge on any atom is -0.348 e. The molecule has 0 atom stereocenters. The first-order chi connectivity index (χ1) is 13.9. The topological polar surface area (TPSA) is 101 Å². The second-order valence-electron chi connectivity index (χ2n) is 6.15. The van der Waals surface area contributed by atoms with Crippen LogP contribution in [0.15, 0.2) is 72.8 Å². The molecule has 0 saturated carbocycles. The average Bonchev–Trinajstić information content (AvgIpc) is 2.73. The lowest BCUT2D eigenvalue weighted by atomic mass is 10.1. The van der Waals surface area contributed by atoms with E-state index < -0.39 is 10.7 Å². The first-order valence-corrected chi connectivity index (χ1v) is 8.61. The number of amides is 2. The highest BCUT2D eigenvalue weighted by Crippen LogP contribution is 2.14. The zero-order valence-electron chi connectivity index (χ0n) is 15.1. The molecule has 0 bridgehead atoms. The Morgan fingerprint density at radius 2 is 1.52 bits per heavy atom. The van der Waals surface area contributed by atoms with Crippen LogP contribution in [0.4, 0.5) is 15.8 Å². The Morgan fingerprint density at radius 1 is 0.897 bits per heavy atom. The number of nitrogens with one attached hydrogen (secondary N) is 2. The summed E-state index contributed by atoms with van der Waals surface area (Å²) < 4.78 is 13.0. The summed E-state index contributed by atoms with van der Waals surface area (Å²) in [6, 6.07) is 17.4. The predicted molar refractivity (Wildman–Crippen MR) is 105 cm³/mol. The second kappa shape index (κ2) is 8.75. The van der Waals surface area contributed by atoms with Crippen molar-refractivity contribution in [1.29, 1.82) is 0 Å². The van der Waals surface area contributed by atoms with Crippen molar-refractivity contribution in [2.75, 3.05) is 5.32 Å². The number of rotatable bonds is 6. The van der Waals surface area contributed by atoms with Crippen molar-refractivity contribution in [3.8, 4) is 0 Å². The number of carbonyl (C=O) groups excluding carboxylic acids is 2. The molecule has 0 aromatic heterocycles. The molecule has 3 rings (SSSR count). The quantitative estimate of drug-likeness (QED) is 0.490. The highest BCUT2D eigenvalue weighted by molar-refractivity contribution is 6.04. The fourth-order valence-corrected chi connectivity index (χ4v) is 2.58. The fraction of sp³-hybridized carbons (Fsp3) is 0.0476. The van der Waals surface area contributed by atoms with Crippen molar-refractivity contribution in [3.05, 3.63) is 105 Å². The summed E-state index contributed by atoms with van der Waals surface area (Å²) in [5, 5.41) is 16.1. The molecule has 3 aromatic rings. The minimum atomic E-state index is -0.534. The molecule has 0 heterocycles. The van der Waals surface area contributed by atoms with Gasteiger partial charge in [-0.05, 0) is 54.1 Å². The average molecular weight is 393 g/mol. The van der Waals surface area contributed by atoms with Gasteiger partial charge in [-0.25, -0.2) is 4.39 Å². The molecule has 0 unspecified atom stereocenters. The van der Waals surface area contributed by atoms with Crippen molar-refractivity contribution in [2.24, 2.45) is 0 Å². The van der Waals surface area contributed by atoms with E-state index in [1.165, 1.54) is 48.5 Å². The molecular formula is C21H16FN3O4. The maximum absolute atomic E-state index is 13.0. The van der Waals surface area contributed by atoms with Crippen LogP contribution in [0.2, 0.25) is 0 Å². The molecule has 0 spiro atoms. The smallest absolute Gasteiger partial charge is 0.269 e. The van der Waals surface area contributed by atoms with E-state index in [9.17, 15) is 24.1 Å². The lowest BCUT2D eigenvalue weighted by Gasteiger charge is -2.09. The number of carbonyl (C=O) groups is 2. The van der Waals surface area contributed by atoms with E-state index in [1.54, 1.807) is 24.3 Å². The Morgan fingerprint density at radius 3 is 2.17 bits per heavy atom. The summed E-state index contributed by atoms with van der Waals surface area (Å²) in [6.07, 6.45) is 0. The Bertz CT molecular complexity index is 1050. The lowest BCUT2D eigenvalue weighted by Crippen LogP contribution is -2.22. The molecule has 7 nitrogen and oxygen atoms in total. The molecule has 0 radical (unpaired) electrons. The third-order valence-corrected chi connectivity index (χ3v) is 4.08. The Hall–Kier alpha value is -4.07. The van der Waals surface area contributed by atoms with Gasteiger partial charge in [0.25, 0.3) is 17.5 Å². The molecule has 0 fully saturated rings. The summed E-state index contributed by atoms with van der Waals surface area (Å²) in [5.41, 5.74) is 1.81. The summed E-state index contributed by atoms with van der Waals surface area (Å²) >= 11 is 0. The van der Waals surface area contributed by atoms with Crippen molar-refractivity contribution in [3.63, 3.8) is 0 Å². The largest absolute Gasteiger partial charge is 0.348 e. The molecule has 29 heavy (non-hydrogen) atoms. The van der Waals surface area contributed by atoms with E-state index in [0.29, 0.717) is 16.8 Å². The van der Waals surface area contributed by atoms with Crippen LogP contribution in [0, 0.1) is 15.9 Å². The Kier molecular flexibility index (Phi) is 5.94. The van der Waals surface area contributed by atoms with E-state index in [-0.39, 0.29) is 24.0 Å². The molecule has 146 valence electrons. The van der Waals surface area contributed by atoms with Gasteiger partial charge < -0.3 is 10.6 Å². The van der Waals surface area contributed by atoms with Gasteiger partial charge in [-0.2, -0.15) is 0 Å². The molecule has 2 N–H and O–H groups in total. The van der Waals surface area contributed by atoms with Gasteiger partial charge in [0, 0.05) is 35.5 Å². The van der Waals surface area contributed by atoms with Crippen LogP contribution < -0.4 is 10.6 Å². The third-order valence-electron chi connectivity index (χ3n) is 4.08. The molecule has 0 aliphatic rings. The molecule has 0 saturated heterocycles. The Labute approximate surface area is 165 Å². The van der Waals surface area contributed by atoms with Gasteiger partial charge >= 0.3 is 0 Å². The van der Waals surface area contributed by atoms with Gasteiger partial charge in [-0.3, -0.25) is 19.7 Å². The maximum Gasteiger partial charge on any atom is 0.269 e. The van der Waals surface area contributed by atoms with Gasteiger partial charge in [0.2, 0.25) is 0 Å². The van der Waals surface area contributed by atoms with E-state index >= 15 is 0 Å². The van der Waals surface area contributed by atoms with Crippen molar-refractivity contribution in [1.82, 2.24) is 5.32 Å². The number of nitro groups is 1. The number of hydrogen-bond donors (Lipinski definition) is 2. The normalized spacial score (nSPS) is 10.2. The van der Waals surface area contributed by atoms with Gasteiger partial charge in [0.05, 0.1) is 4.92 Å². The minimum absolute atomic E-state index is 0.0915. The van der Waals surface area contributed by atoms with Gasteiger partial charge in [0.1, 0.15) is 5.82 Å². The number of hydrogen-bond acceptors (Lipinski definition) is 4. The molecule has 8 heteroatoms. The Balaban J connectivity index is 1.60. The molecule has 0 aliphatic heterocycles. The highest BCUT2D eigenvalue weighted by atomic mass is 19.1. The summed E-state index contributed by atoms with van der Waals surface area (Å²) in [6.45, 7) is 0.204. The van der Waals surface area contributed by atoms with E-state index in [1.807, 2.05) is 0 Å². The molecular weight excluding hydrogens is 377 g/mol. The van der Waals surface area contributed by atoms with Crippen LogP contribution in [-0.4, -0.2) is 16.7 Å². The zero-order valence-corrected chi connectivity index (χ0v) is 15.1. The number of non-ortho nitro benzene ring substituents is 1. The number of nitrogens with zero attached hydrogens (tertiary/aromatic N) is 1. The first-order valence-electron chi connectivity index (χ1n) is 8.61. The number of anilines is 1. The molecule has 0 aliphatic carbocycles. The standard InChI is InChI=1S/C21H16FN3O4/c22-17-8-4-16(5-9-17)21(27)24-18-3-1-2-14(12-18)13-23-20(26)15-6-10-19(11-7-15)25(28)29/h1-12H,13H2,(H,23,26)(H,24,27). The predicted octanol–water partition coefficient (Wildman–Crippen LogP) is 3.92. The maximum atomic E-state index is 13.0. The number of halogens is 1.